The van der Waals surface area contributed by atoms with Gasteiger partial charge in [0, 0.05) is 0 Å². The first-order valence-electron chi connectivity index (χ1n) is 9.96. The molecule has 1 unspecified atom stereocenters. The minimum absolute atomic E-state index is 0.0251. The van der Waals surface area contributed by atoms with Crippen molar-refractivity contribution in [2.45, 2.75) is 26.8 Å². The van der Waals surface area contributed by atoms with Crippen molar-refractivity contribution in [3.63, 3.8) is 0 Å². The Kier molecular flexibility index (Phi) is 6.74. The molecule has 0 saturated carbocycles. The highest BCUT2D eigenvalue weighted by Gasteiger charge is 2.42. The number of carbonyl (C=O) groups is 3. The van der Waals surface area contributed by atoms with Crippen molar-refractivity contribution < 1.29 is 33.0 Å². The van der Waals surface area contributed by atoms with E-state index in [9.17, 15) is 19.2 Å². The molecular formula is C22H23NO8. The third-order valence-corrected chi connectivity index (χ3v) is 4.61. The van der Waals surface area contributed by atoms with Crippen LogP contribution in [0.15, 0.2) is 39.1 Å². The van der Waals surface area contributed by atoms with Crippen LogP contribution < -0.4 is 10.3 Å². The van der Waals surface area contributed by atoms with Gasteiger partial charge in [-0.2, -0.15) is 0 Å². The van der Waals surface area contributed by atoms with Crippen LogP contribution in [0.3, 0.4) is 0 Å². The molecule has 0 radical (unpaired) electrons. The zero-order chi connectivity index (χ0) is 22.5. The maximum absolute atomic E-state index is 13.1. The van der Waals surface area contributed by atoms with Crippen molar-refractivity contribution >= 4 is 40.8 Å². The van der Waals surface area contributed by atoms with Crippen LogP contribution in [-0.4, -0.2) is 50.3 Å². The highest BCUT2D eigenvalue weighted by atomic mass is 16.5. The van der Waals surface area contributed by atoms with E-state index in [1.807, 2.05) is 0 Å². The average Bonchev–Trinajstić information content (AvgIpc) is 2.74. The van der Waals surface area contributed by atoms with E-state index in [1.165, 1.54) is 11.0 Å². The van der Waals surface area contributed by atoms with E-state index >= 15 is 0 Å². The van der Waals surface area contributed by atoms with E-state index in [2.05, 4.69) is 0 Å². The molecule has 0 N–H and O–H groups in total. The van der Waals surface area contributed by atoms with Gasteiger partial charge in [0.2, 0.25) is 11.3 Å². The Labute approximate surface area is 178 Å². The fourth-order valence-corrected chi connectivity index (χ4v) is 3.37. The lowest BCUT2D eigenvalue weighted by molar-refractivity contribution is -0.148. The highest BCUT2D eigenvalue weighted by molar-refractivity contribution is 6.06. The maximum Gasteiger partial charge on any atom is 0.336 e. The molecule has 1 aromatic carbocycles. The predicted molar refractivity (Wildman–Crippen MR) is 111 cm³/mol. The van der Waals surface area contributed by atoms with Crippen molar-refractivity contribution in [2.24, 2.45) is 0 Å². The fraction of sp³-hybridized carbons (Fsp3) is 0.364. The number of hydrogen-bond donors (Lipinski definition) is 0. The van der Waals surface area contributed by atoms with E-state index in [1.54, 1.807) is 45.0 Å². The van der Waals surface area contributed by atoms with Crippen LogP contribution >= 0.6 is 0 Å². The van der Waals surface area contributed by atoms with E-state index in [0.29, 0.717) is 5.39 Å². The molecular weight excluding hydrogens is 406 g/mol. The van der Waals surface area contributed by atoms with Gasteiger partial charge in [-0.15, -0.1) is 0 Å². The zero-order valence-corrected chi connectivity index (χ0v) is 17.5. The standard InChI is InChI=1S/C22H23NO8/c1-4-28-17(24)12-23-18(22(27)30-6-3)14(21(26)29-5-2)11-15-19(25)13-9-7-8-10-16(13)31-20(15)23/h7-11,18H,4-6,12H2,1-3H3. The highest BCUT2D eigenvalue weighted by Crippen LogP contribution is 2.34. The summed E-state index contributed by atoms with van der Waals surface area (Å²) in [4.78, 5) is 52.2. The summed E-state index contributed by atoms with van der Waals surface area (Å²) in [5, 5.41) is 0.298. The number of esters is 3. The summed E-state index contributed by atoms with van der Waals surface area (Å²) in [6, 6.07) is 5.22. The Bertz CT molecular complexity index is 1100. The molecule has 31 heavy (non-hydrogen) atoms. The molecule has 1 aliphatic rings. The summed E-state index contributed by atoms with van der Waals surface area (Å²) in [5.74, 6) is -2.27. The third-order valence-electron chi connectivity index (χ3n) is 4.61. The van der Waals surface area contributed by atoms with Gasteiger partial charge >= 0.3 is 17.9 Å². The minimum atomic E-state index is -1.35. The monoisotopic (exact) mass is 429 g/mol. The Morgan fingerprint density at radius 3 is 2.35 bits per heavy atom. The summed E-state index contributed by atoms with van der Waals surface area (Å²) in [6.07, 6.45) is 1.27. The number of benzene rings is 1. The second-order valence-electron chi connectivity index (χ2n) is 6.55. The van der Waals surface area contributed by atoms with Gasteiger partial charge in [0.25, 0.3) is 0 Å². The van der Waals surface area contributed by atoms with Gasteiger partial charge in [-0.3, -0.25) is 9.59 Å². The Morgan fingerprint density at radius 1 is 1.00 bits per heavy atom. The van der Waals surface area contributed by atoms with Crippen LogP contribution in [-0.2, 0) is 28.6 Å². The first-order chi connectivity index (χ1) is 14.9. The molecule has 0 spiro atoms. The number of anilines is 1. The quantitative estimate of drug-likeness (QED) is 0.482. The first kappa shape index (κ1) is 22.1. The van der Waals surface area contributed by atoms with Gasteiger partial charge in [-0.1, -0.05) is 12.1 Å². The summed E-state index contributed by atoms with van der Waals surface area (Å²) in [6.45, 7) is 4.66. The van der Waals surface area contributed by atoms with Gasteiger partial charge in [-0.05, 0) is 39.0 Å². The lowest BCUT2D eigenvalue weighted by atomic mass is 9.96. The molecule has 0 saturated heterocycles. The molecule has 164 valence electrons. The molecule has 0 amide bonds. The first-order valence-corrected chi connectivity index (χ1v) is 9.96. The zero-order valence-electron chi connectivity index (χ0n) is 17.5. The second-order valence-corrected chi connectivity index (χ2v) is 6.55. The fourth-order valence-electron chi connectivity index (χ4n) is 3.37. The summed E-state index contributed by atoms with van der Waals surface area (Å²) in [7, 11) is 0. The number of nitrogens with zero attached hydrogens (tertiary/aromatic N) is 1. The van der Waals surface area contributed by atoms with E-state index in [4.69, 9.17) is 18.6 Å². The van der Waals surface area contributed by atoms with Crippen molar-refractivity contribution in [1.29, 1.82) is 0 Å². The number of para-hydroxylation sites is 1. The van der Waals surface area contributed by atoms with Gasteiger partial charge in [0.05, 0.1) is 36.3 Å². The van der Waals surface area contributed by atoms with Gasteiger partial charge in [0.15, 0.2) is 6.04 Å². The Morgan fingerprint density at radius 2 is 1.68 bits per heavy atom. The van der Waals surface area contributed by atoms with Crippen LogP contribution in [0.2, 0.25) is 0 Å². The van der Waals surface area contributed by atoms with E-state index < -0.39 is 35.9 Å². The summed E-state index contributed by atoms with van der Waals surface area (Å²) < 4.78 is 21.2. The largest absolute Gasteiger partial charge is 0.465 e. The molecule has 2 aromatic rings. The van der Waals surface area contributed by atoms with Crippen molar-refractivity contribution in [3.05, 3.63) is 45.6 Å². The molecule has 3 rings (SSSR count). The Balaban J connectivity index is 2.27. The van der Waals surface area contributed by atoms with E-state index in [-0.39, 0.29) is 42.4 Å². The SMILES string of the molecule is CCOC(=O)CN1c2oc3ccccc3c(=O)c2C=C(C(=O)OCC)C1C(=O)OCC. The summed E-state index contributed by atoms with van der Waals surface area (Å²) >= 11 is 0. The molecule has 1 atom stereocenters. The van der Waals surface area contributed by atoms with Crippen molar-refractivity contribution in [1.82, 2.24) is 0 Å². The predicted octanol–water partition coefficient (Wildman–Crippen LogP) is 2.05. The molecule has 1 aromatic heterocycles. The number of fused-ring (bicyclic) bond motifs is 2. The minimum Gasteiger partial charge on any atom is -0.465 e. The number of hydrogen-bond acceptors (Lipinski definition) is 9. The molecule has 9 heteroatoms. The smallest absolute Gasteiger partial charge is 0.336 e. The van der Waals surface area contributed by atoms with Crippen molar-refractivity contribution in [2.75, 3.05) is 31.3 Å². The van der Waals surface area contributed by atoms with Gasteiger partial charge in [-0.25, -0.2) is 9.59 Å². The average molecular weight is 429 g/mol. The van der Waals surface area contributed by atoms with Gasteiger partial charge in [0.1, 0.15) is 12.1 Å². The molecule has 0 bridgehead atoms. The van der Waals surface area contributed by atoms with Crippen LogP contribution in [0.25, 0.3) is 17.0 Å². The third kappa shape index (κ3) is 4.30. The molecule has 9 nitrogen and oxygen atoms in total. The van der Waals surface area contributed by atoms with Gasteiger partial charge < -0.3 is 23.5 Å². The van der Waals surface area contributed by atoms with E-state index in [0.717, 1.165) is 0 Å². The maximum atomic E-state index is 13.1. The Hall–Kier alpha value is -3.62. The van der Waals surface area contributed by atoms with Crippen LogP contribution in [0.4, 0.5) is 5.88 Å². The molecule has 2 heterocycles. The molecule has 0 fully saturated rings. The van der Waals surface area contributed by atoms with Crippen LogP contribution in [0.1, 0.15) is 26.3 Å². The molecule has 0 aliphatic carbocycles. The second kappa shape index (κ2) is 9.46. The lowest BCUT2D eigenvalue weighted by Crippen LogP contribution is -2.50. The topological polar surface area (TPSA) is 112 Å². The van der Waals surface area contributed by atoms with Crippen LogP contribution in [0.5, 0.6) is 0 Å². The number of ether oxygens (including phenoxy) is 3. The summed E-state index contributed by atoms with van der Waals surface area (Å²) in [5.41, 5.74) is -0.225. The molecule has 1 aliphatic heterocycles. The number of rotatable bonds is 7. The normalized spacial score (nSPS) is 15.1. The number of carbonyl (C=O) groups excluding carboxylic acids is 3. The lowest BCUT2D eigenvalue weighted by Gasteiger charge is -2.34. The van der Waals surface area contributed by atoms with Crippen LogP contribution in [0, 0.1) is 0 Å². The van der Waals surface area contributed by atoms with Crippen molar-refractivity contribution in [3.8, 4) is 0 Å².